The molecule has 124 valence electrons. The molecule has 3 aromatic carbocycles. The fourth-order valence-corrected chi connectivity index (χ4v) is 5.36. The Morgan fingerprint density at radius 1 is 0.720 bits per heavy atom. The zero-order valence-corrected chi connectivity index (χ0v) is 15.0. The van der Waals surface area contributed by atoms with Crippen LogP contribution in [0.15, 0.2) is 54.7 Å². The highest BCUT2D eigenvalue weighted by Gasteiger charge is 2.40. The zero-order chi connectivity index (χ0) is 17.0. The van der Waals surface area contributed by atoms with Crippen LogP contribution in [0.4, 0.5) is 0 Å². The van der Waals surface area contributed by atoms with E-state index in [2.05, 4.69) is 62.4 Å². The van der Waals surface area contributed by atoms with E-state index < -0.39 is 0 Å². The number of pyridine rings is 1. The molecule has 0 N–H and O–H groups in total. The van der Waals surface area contributed by atoms with Gasteiger partial charge in [0.1, 0.15) is 0 Å². The van der Waals surface area contributed by atoms with Gasteiger partial charge in [-0.25, -0.2) is 0 Å². The van der Waals surface area contributed by atoms with E-state index in [0.29, 0.717) is 0 Å². The molecule has 0 unspecified atom stereocenters. The van der Waals surface area contributed by atoms with Gasteiger partial charge in [-0.1, -0.05) is 69.2 Å². The van der Waals surface area contributed by atoms with Crippen molar-refractivity contribution in [2.45, 2.75) is 44.9 Å². The zero-order valence-electron chi connectivity index (χ0n) is 15.0. The van der Waals surface area contributed by atoms with Gasteiger partial charge in [0.05, 0.1) is 5.52 Å². The smallest absolute Gasteiger partial charge is 0.0786 e. The van der Waals surface area contributed by atoms with Gasteiger partial charge < -0.3 is 0 Å². The summed E-state index contributed by atoms with van der Waals surface area (Å²) in [5, 5.41) is 6.92. The average molecular weight is 325 g/mol. The predicted octanol–water partition coefficient (Wildman–Crippen LogP) is 6.74. The van der Waals surface area contributed by atoms with Crippen LogP contribution in [0.25, 0.3) is 32.4 Å². The van der Waals surface area contributed by atoms with E-state index in [-0.39, 0.29) is 5.41 Å². The van der Waals surface area contributed by atoms with Crippen LogP contribution in [-0.4, -0.2) is 4.98 Å². The molecule has 0 bridgehead atoms. The Morgan fingerprint density at radius 3 is 2.00 bits per heavy atom. The standard InChI is InChI=1S/C24H23N/c1-3-13-24(14-4-2)19-11-5-8-16-17-10-7-15-25-23(17)18-9-6-12-20(24)22(18)21(16)19/h5-12,15H,3-4,13-14H2,1-2H3. The first kappa shape index (κ1) is 14.9. The van der Waals surface area contributed by atoms with Gasteiger partial charge in [-0.3, -0.25) is 4.98 Å². The first-order valence-corrected chi connectivity index (χ1v) is 9.55. The maximum absolute atomic E-state index is 4.76. The number of hydrogen-bond donors (Lipinski definition) is 0. The topological polar surface area (TPSA) is 12.9 Å². The molecule has 4 aromatic rings. The first-order valence-electron chi connectivity index (χ1n) is 9.55. The van der Waals surface area contributed by atoms with Gasteiger partial charge >= 0.3 is 0 Å². The first-order chi connectivity index (χ1) is 12.3. The van der Waals surface area contributed by atoms with Crippen LogP contribution in [0.2, 0.25) is 0 Å². The molecule has 1 aromatic heterocycles. The van der Waals surface area contributed by atoms with Gasteiger partial charge in [0, 0.05) is 22.4 Å². The highest BCUT2D eigenvalue weighted by Crippen LogP contribution is 2.54. The van der Waals surface area contributed by atoms with E-state index in [0.717, 1.165) is 5.52 Å². The Bertz CT molecular complexity index is 1030. The number of fused-ring (bicyclic) bond motifs is 3. The Balaban J connectivity index is 2.07. The van der Waals surface area contributed by atoms with Crippen LogP contribution in [0.3, 0.4) is 0 Å². The third-order valence-corrected chi connectivity index (χ3v) is 6.12. The fourth-order valence-electron chi connectivity index (χ4n) is 5.36. The maximum Gasteiger partial charge on any atom is 0.0786 e. The molecular formula is C24H23N. The second-order valence-electron chi connectivity index (χ2n) is 7.44. The number of aromatic nitrogens is 1. The molecule has 0 saturated heterocycles. The van der Waals surface area contributed by atoms with Gasteiger partial charge in [0.25, 0.3) is 0 Å². The van der Waals surface area contributed by atoms with Crippen molar-refractivity contribution in [3.05, 3.63) is 65.9 Å². The second kappa shape index (κ2) is 5.29. The normalized spacial score (nSPS) is 15.0. The minimum atomic E-state index is 0.169. The number of hydrogen-bond acceptors (Lipinski definition) is 1. The van der Waals surface area contributed by atoms with Crippen molar-refractivity contribution >= 4 is 32.4 Å². The lowest BCUT2D eigenvalue weighted by Crippen LogP contribution is -2.25. The van der Waals surface area contributed by atoms with Gasteiger partial charge in [0.15, 0.2) is 0 Å². The van der Waals surface area contributed by atoms with Crippen LogP contribution in [0.5, 0.6) is 0 Å². The average Bonchev–Trinajstić information content (AvgIpc) is 2.93. The van der Waals surface area contributed by atoms with E-state index >= 15 is 0 Å². The molecule has 25 heavy (non-hydrogen) atoms. The lowest BCUT2D eigenvalue weighted by atomic mass is 9.71. The van der Waals surface area contributed by atoms with Crippen LogP contribution in [0.1, 0.15) is 50.7 Å². The molecule has 0 atom stereocenters. The summed E-state index contributed by atoms with van der Waals surface area (Å²) in [6.07, 6.45) is 6.78. The summed E-state index contributed by atoms with van der Waals surface area (Å²) in [7, 11) is 0. The molecule has 0 fully saturated rings. The third-order valence-electron chi connectivity index (χ3n) is 6.12. The molecule has 1 aliphatic rings. The molecule has 1 nitrogen and oxygen atoms in total. The highest BCUT2D eigenvalue weighted by atomic mass is 14.7. The minimum Gasteiger partial charge on any atom is -0.256 e. The summed E-state index contributed by atoms with van der Waals surface area (Å²) in [5.41, 5.74) is 4.40. The molecule has 0 amide bonds. The van der Waals surface area contributed by atoms with E-state index in [1.54, 1.807) is 5.56 Å². The Morgan fingerprint density at radius 2 is 1.32 bits per heavy atom. The molecule has 1 heteroatoms. The van der Waals surface area contributed by atoms with E-state index in [1.165, 1.54) is 58.2 Å². The van der Waals surface area contributed by atoms with Crippen molar-refractivity contribution in [3.63, 3.8) is 0 Å². The van der Waals surface area contributed by atoms with Crippen LogP contribution in [0, 0.1) is 0 Å². The number of nitrogens with zero attached hydrogens (tertiary/aromatic N) is 1. The van der Waals surface area contributed by atoms with Gasteiger partial charge in [-0.2, -0.15) is 0 Å². The highest BCUT2D eigenvalue weighted by molar-refractivity contribution is 6.27. The lowest BCUT2D eigenvalue weighted by Gasteiger charge is -2.32. The molecule has 5 rings (SSSR count). The van der Waals surface area contributed by atoms with E-state index in [1.807, 2.05) is 6.20 Å². The largest absolute Gasteiger partial charge is 0.256 e. The quantitative estimate of drug-likeness (QED) is 0.379. The summed E-state index contributed by atoms with van der Waals surface area (Å²) in [6, 6.07) is 18.1. The molecule has 0 saturated carbocycles. The maximum atomic E-state index is 4.76. The van der Waals surface area contributed by atoms with Crippen molar-refractivity contribution in [1.82, 2.24) is 4.98 Å². The third kappa shape index (κ3) is 1.76. The summed E-state index contributed by atoms with van der Waals surface area (Å²) < 4.78 is 0. The van der Waals surface area contributed by atoms with Crippen molar-refractivity contribution in [3.8, 4) is 0 Å². The lowest BCUT2D eigenvalue weighted by molar-refractivity contribution is 0.437. The van der Waals surface area contributed by atoms with Crippen LogP contribution in [-0.2, 0) is 5.41 Å². The van der Waals surface area contributed by atoms with Gasteiger partial charge in [-0.15, -0.1) is 0 Å². The van der Waals surface area contributed by atoms with E-state index in [4.69, 9.17) is 4.98 Å². The van der Waals surface area contributed by atoms with E-state index in [9.17, 15) is 0 Å². The Labute approximate surface area is 148 Å². The van der Waals surface area contributed by atoms with Crippen molar-refractivity contribution in [2.75, 3.05) is 0 Å². The summed E-state index contributed by atoms with van der Waals surface area (Å²) >= 11 is 0. The molecule has 1 heterocycles. The molecule has 0 spiro atoms. The SMILES string of the molecule is CCCC1(CCC)c2cccc3c4cccnc4c4cccc1c4c23. The second-order valence-corrected chi connectivity index (χ2v) is 7.44. The van der Waals surface area contributed by atoms with Crippen molar-refractivity contribution in [2.24, 2.45) is 0 Å². The van der Waals surface area contributed by atoms with Crippen LogP contribution < -0.4 is 0 Å². The van der Waals surface area contributed by atoms with Gasteiger partial charge in [-0.05, 0) is 46.2 Å². The monoisotopic (exact) mass is 325 g/mol. The Kier molecular flexibility index (Phi) is 3.15. The molecule has 1 aliphatic carbocycles. The number of rotatable bonds is 4. The Hall–Kier alpha value is -2.41. The van der Waals surface area contributed by atoms with Crippen LogP contribution >= 0.6 is 0 Å². The summed E-state index contributed by atoms with van der Waals surface area (Å²) in [6.45, 7) is 4.64. The predicted molar refractivity (Wildman–Crippen MR) is 107 cm³/mol. The minimum absolute atomic E-state index is 0.169. The van der Waals surface area contributed by atoms with Gasteiger partial charge in [0.2, 0.25) is 0 Å². The summed E-state index contributed by atoms with van der Waals surface area (Å²) in [5.74, 6) is 0. The summed E-state index contributed by atoms with van der Waals surface area (Å²) in [4.78, 5) is 4.76. The molecule has 0 aliphatic heterocycles. The number of benzene rings is 3. The van der Waals surface area contributed by atoms with Crippen molar-refractivity contribution in [1.29, 1.82) is 0 Å². The fraction of sp³-hybridized carbons (Fsp3) is 0.292. The van der Waals surface area contributed by atoms with Crippen molar-refractivity contribution < 1.29 is 0 Å². The molecule has 0 radical (unpaired) electrons. The molecular weight excluding hydrogens is 302 g/mol.